The normalized spacial score (nSPS) is 10.9. The Morgan fingerprint density at radius 3 is 2.00 bits per heavy atom. The number of aromatic nitrogens is 2. The number of benzene rings is 2. The van der Waals surface area contributed by atoms with Gasteiger partial charge in [-0.05, 0) is 23.6 Å². The minimum Gasteiger partial charge on any atom is -0.268 e. The van der Waals surface area contributed by atoms with E-state index in [0.29, 0.717) is 0 Å². The molecule has 2 aromatic carbocycles. The molecule has 115 valence electrons. The van der Waals surface area contributed by atoms with E-state index in [1.165, 1.54) is 4.68 Å². The lowest BCUT2D eigenvalue weighted by Gasteiger charge is -2.18. The van der Waals surface area contributed by atoms with Gasteiger partial charge in [-0.2, -0.15) is 5.10 Å². The van der Waals surface area contributed by atoms with Gasteiger partial charge in [0.25, 0.3) is 5.56 Å². The molecule has 0 aliphatic rings. The van der Waals surface area contributed by atoms with Gasteiger partial charge in [0.1, 0.15) is 0 Å². The first-order valence-electron chi connectivity index (χ1n) is 7.82. The van der Waals surface area contributed by atoms with Crippen LogP contribution in [0.15, 0.2) is 77.6 Å². The quantitative estimate of drug-likeness (QED) is 0.717. The Labute approximate surface area is 136 Å². The van der Waals surface area contributed by atoms with Gasteiger partial charge in [-0.1, -0.05) is 67.6 Å². The van der Waals surface area contributed by atoms with E-state index in [0.717, 1.165) is 23.2 Å². The Morgan fingerprint density at radius 2 is 1.48 bits per heavy atom. The van der Waals surface area contributed by atoms with E-state index >= 15 is 0 Å². The molecule has 0 saturated heterocycles. The van der Waals surface area contributed by atoms with Crippen molar-refractivity contribution in [2.45, 2.75) is 19.3 Å². The summed E-state index contributed by atoms with van der Waals surface area (Å²) in [5.74, 6) is 0.00880. The first kappa shape index (κ1) is 15.2. The molecule has 0 N–H and O–H groups in total. The molecule has 3 heteroatoms. The van der Waals surface area contributed by atoms with Gasteiger partial charge in [-0.15, -0.1) is 0 Å². The van der Waals surface area contributed by atoms with Crippen molar-refractivity contribution >= 4 is 0 Å². The molecule has 0 fully saturated rings. The lowest BCUT2D eigenvalue weighted by Crippen LogP contribution is -2.23. The molecule has 23 heavy (non-hydrogen) atoms. The molecule has 0 amide bonds. The summed E-state index contributed by atoms with van der Waals surface area (Å²) in [6.45, 7) is 3.80. The number of hydrogen-bond acceptors (Lipinski definition) is 2. The van der Waals surface area contributed by atoms with E-state index in [1.54, 1.807) is 12.6 Å². The minimum absolute atomic E-state index is 0.00880. The maximum absolute atomic E-state index is 11.9. The van der Waals surface area contributed by atoms with Gasteiger partial charge in [-0.3, -0.25) is 4.79 Å². The molecule has 0 saturated carbocycles. The molecule has 1 aromatic heterocycles. The van der Waals surface area contributed by atoms with Gasteiger partial charge < -0.3 is 0 Å². The molecule has 3 nitrogen and oxygen atoms in total. The van der Waals surface area contributed by atoms with Crippen molar-refractivity contribution in [1.29, 1.82) is 0 Å². The predicted octanol–water partition coefficient (Wildman–Crippen LogP) is 3.84. The maximum Gasteiger partial charge on any atom is 0.267 e. The summed E-state index contributed by atoms with van der Waals surface area (Å²) in [7, 11) is 0. The van der Waals surface area contributed by atoms with Crippen molar-refractivity contribution in [3.05, 3.63) is 107 Å². The molecule has 0 aliphatic carbocycles. The second-order valence-electron chi connectivity index (χ2n) is 5.39. The van der Waals surface area contributed by atoms with E-state index in [1.807, 2.05) is 49.4 Å². The Hall–Kier alpha value is -2.68. The topological polar surface area (TPSA) is 34.9 Å². The van der Waals surface area contributed by atoms with E-state index in [4.69, 9.17) is 0 Å². The van der Waals surface area contributed by atoms with E-state index in [-0.39, 0.29) is 11.5 Å². The first-order chi connectivity index (χ1) is 11.3. The van der Waals surface area contributed by atoms with Gasteiger partial charge in [0.05, 0.1) is 18.2 Å². The molecule has 0 bridgehead atoms. The molecule has 1 heterocycles. The smallest absolute Gasteiger partial charge is 0.267 e. The Balaban J connectivity index is 2.13. The number of nitrogens with zero attached hydrogens (tertiary/aromatic N) is 2. The van der Waals surface area contributed by atoms with Gasteiger partial charge in [0, 0.05) is 6.07 Å². The summed E-state index contributed by atoms with van der Waals surface area (Å²) in [6, 6.07) is 23.9. The summed E-state index contributed by atoms with van der Waals surface area (Å²) in [5, 5.41) is 4.56. The molecule has 0 aliphatic heterocycles. The second-order valence-corrected chi connectivity index (χ2v) is 5.39. The van der Waals surface area contributed by atoms with Crippen molar-refractivity contribution in [3.8, 4) is 0 Å². The fraction of sp³-hybridized carbons (Fsp3) is 0.150. The van der Waals surface area contributed by atoms with Crippen LogP contribution in [0.4, 0.5) is 0 Å². The summed E-state index contributed by atoms with van der Waals surface area (Å²) >= 11 is 0. The van der Waals surface area contributed by atoms with Gasteiger partial charge in [0.2, 0.25) is 0 Å². The van der Waals surface area contributed by atoms with Crippen LogP contribution >= 0.6 is 0 Å². The van der Waals surface area contributed by atoms with E-state index in [9.17, 15) is 4.79 Å². The lowest BCUT2D eigenvalue weighted by atomic mass is 9.88. The zero-order valence-corrected chi connectivity index (χ0v) is 13.1. The standard InChI is InChI=1S/C20H19N2O/c1-2-15-22-19(23)14-13-18(21-22)20(16-9-5-3-6-10-16)17-11-7-4-8-12-17/h3-15,20H,2H2,1H3. The van der Waals surface area contributed by atoms with Crippen molar-refractivity contribution in [3.63, 3.8) is 0 Å². The lowest BCUT2D eigenvalue weighted by molar-refractivity contribution is 0.676. The summed E-state index contributed by atoms with van der Waals surface area (Å²) < 4.78 is 1.44. The summed E-state index contributed by atoms with van der Waals surface area (Å²) in [6.07, 6.45) is 0.762. The van der Waals surface area contributed by atoms with E-state index in [2.05, 4.69) is 29.4 Å². The third kappa shape index (κ3) is 3.39. The van der Waals surface area contributed by atoms with Crippen LogP contribution in [0.3, 0.4) is 0 Å². The van der Waals surface area contributed by atoms with Crippen LogP contribution in [0.25, 0.3) is 0 Å². The minimum atomic E-state index is -0.101. The third-order valence-electron chi connectivity index (χ3n) is 3.76. The SMILES string of the molecule is CC[CH]n1nc(C(c2ccccc2)c2ccccc2)ccc1=O. The molecule has 0 unspecified atom stereocenters. The highest BCUT2D eigenvalue weighted by Crippen LogP contribution is 2.29. The van der Waals surface area contributed by atoms with Crippen LogP contribution in [0, 0.1) is 6.54 Å². The highest BCUT2D eigenvalue weighted by molar-refractivity contribution is 5.39. The largest absolute Gasteiger partial charge is 0.268 e. The first-order valence-corrected chi connectivity index (χ1v) is 7.82. The number of hydrogen-bond donors (Lipinski definition) is 0. The van der Waals surface area contributed by atoms with Crippen LogP contribution in [0.2, 0.25) is 0 Å². The highest BCUT2D eigenvalue weighted by Gasteiger charge is 2.18. The molecule has 1 radical (unpaired) electrons. The summed E-state index contributed by atoms with van der Waals surface area (Å²) in [5.41, 5.74) is 3.09. The summed E-state index contributed by atoms with van der Waals surface area (Å²) in [4.78, 5) is 11.9. The Bertz CT molecular complexity index is 770. The molecule has 0 atom stereocenters. The molecule has 3 aromatic rings. The predicted molar refractivity (Wildman–Crippen MR) is 92.3 cm³/mol. The van der Waals surface area contributed by atoms with Crippen molar-refractivity contribution in [1.82, 2.24) is 9.78 Å². The number of rotatable bonds is 5. The van der Waals surface area contributed by atoms with Crippen LogP contribution in [0.5, 0.6) is 0 Å². The molecular formula is C20H19N2O. The average molecular weight is 303 g/mol. The third-order valence-corrected chi connectivity index (χ3v) is 3.76. The maximum atomic E-state index is 11.9. The van der Waals surface area contributed by atoms with E-state index < -0.39 is 0 Å². The van der Waals surface area contributed by atoms with Crippen LogP contribution in [0.1, 0.15) is 36.1 Å². The fourth-order valence-corrected chi connectivity index (χ4v) is 2.72. The second kappa shape index (κ2) is 7.05. The highest BCUT2D eigenvalue weighted by atomic mass is 16.1. The molecule has 0 spiro atoms. The van der Waals surface area contributed by atoms with Crippen LogP contribution in [-0.4, -0.2) is 9.78 Å². The monoisotopic (exact) mass is 303 g/mol. The zero-order valence-electron chi connectivity index (χ0n) is 13.1. The van der Waals surface area contributed by atoms with Crippen molar-refractivity contribution < 1.29 is 0 Å². The van der Waals surface area contributed by atoms with Gasteiger partial charge >= 0.3 is 0 Å². The Kier molecular flexibility index (Phi) is 4.67. The molecular weight excluding hydrogens is 284 g/mol. The Morgan fingerprint density at radius 1 is 0.913 bits per heavy atom. The van der Waals surface area contributed by atoms with Crippen LogP contribution in [-0.2, 0) is 0 Å². The van der Waals surface area contributed by atoms with Crippen molar-refractivity contribution in [2.75, 3.05) is 0 Å². The average Bonchev–Trinajstić information content (AvgIpc) is 2.60. The van der Waals surface area contributed by atoms with Gasteiger partial charge in [-0.25, -0.2) is 4.68 Å². The zero-order chi connectivity index (χ0) is 16.1. The molecule has 3 rings (SSSR count). The van der Waals surface area contributed by atoms with Crippen LogP contribution < -0.4 is 5.56 Å². The fourth-order valence-electron chi connectivity index (χ4n) is 2.72. The van der Waals surface area contributed by atoms with Gasteiger partial charge in [0.15, 0.2) is 0 Å². The van der Waals surface area contributed by atoms with Crippen molar-refractivity contribution in [2.24, 2.45) is 0 Å².